The number of hydrogen-bond acceptors (Lipinski definition) is 3. The van der Waals surface area contributed by atoms with Gasteiger partial charge in [-0.15, -0.1) is 11.6 Å². The van der Waals surface area contributed by atoms with E-state index in [4.69, 9.17) is 17.3 Å². The van der Waals surface area contributed by atoms with Gasteiger partial charge in [0.15, 0.2) is 0 Å². The molecule has 4 amide bonds. The molecule has 0 aliphatic heterocycles. The van der Waals surface area contributed by atoms with Gasteiger partial charge in [0.05, 0.1) is 0 Å². The summed E-state index contributed by atoms with van der Waals surface area (Å²) < 4.78 is 0. The van der Waals surface area contributed by atoms with Crippen LogP contribution in [0.25, 0.3) is 0 Å². The zero-order valence-corrected chi connectivity index (χ0v) is 10.2. The summed E-state index contributed by atoms with van der Waals surface area (Å²) in [5.74, 6) is -1.25. The second-order valence-corrected chi connectivity index (χ2v) is 4.25. The van der Waals surface area contributed by atoms with Crippen molar-refractivity contribution < 1.29 is 14.4 Å². The summed E-state index contributed by atoms with van der Waals surface area (Å²) in [5, 5.41) is 1.26. The first-order valence-corrected chi connectivity index (χ1v) is 5.23. The number of nitrogens with two attached hydrogens (primary N) is 1. The highest BCUT2D eigenvalue weighted by Crippen LogP contribution is 2.00. The molecule has 0 rings (SSSR count). The smallest absolute Gasteiger partial charge is 0.324 e. The first kappa shape index (κ1) is 14.7. The van der Waals surface area contributed by atoms with Gasteiger partial charge in [-0.25, -0.2) is 4.79 Å². The molecule has 1 unspecified atom stereocenters. The highest BCUT2D eigenvalue weighted by atomic mass is 35.5. The Bertz CT molecular complexity index is 292. The van der Waals surface area contributed by atoms with Crippen LogP contribution in [0.5, 0.6) is 0 Å². The van der Waals surface area contributed by atoms with Crippen LogP contribution in [0.3, 0.4) is 0 Å². The van der Waals surface area contributed by atoms with Crippen LogP contribution in [0.15, 0.2) is 0 Å². The van der Waals surface area contributed by atoms with Crippen molar-refractivity contribution in [3.63, 3.8) is 0 Å². The molecular weight excluding hydrogens is 234 g/mol. The number of nitrogens with one attached hydrogen (secondary N) is 1. The van der Waals surface area contributed by atoms with Gasteiger partial charge in [0.2, 0.25) is 11.8 Å². The van der Waals surface area contributed by atoms with E-state index in [2.05, 4.69) is 5.32 Å². The lowest BCUT2D eigenvalue weighted by atomic mass is 10.3. The second-order valence-electron chi connectivity index (χ2n) is 3.60. The molecule has 0 saturated heterocycles. The fourth-order valence-corrected chi connectivity index (χ4v) is 0.988. The van der Waals surface area contributed by atoms with Crippen molar-refractivity contribution in [2.24, 2.45) is 5.73 Å². The van der Waals surface area contributed by atoms with Crippen LogP contribution in [0.4, 0.5) is 4.79 Å². The number of imide groups is 1. The van der Waals surface area contributed by atoms with Crippen LogP contribution < -0.4 is 11.1 Å². The molecule has 0 aromatic rings. The van der Waals surface area contributed by atoms with Gasteiger partial charge in [-0.1, -0.05) is 0 Å². The molecule has 0 fully saturated rings. The zero-order chi connectivity index (χ0) is 12.9. The number of urea groups is 1. The normalized spacial score (nSPS) is 12.1. The molecule has 0 aromatic carbocycles. The SMILES string of the molecule is CC(Cl)C(=O)NC(=O)N(CC(N)=O)C(C)C. The van der Waals surface area contributed by atoms with Crippen LogP contribution in [-0.2, 0) is 9.59 Å². The maximum absolute atomic E-state index is 11.6. The van der Waals surface area contributed by atoms with Crippen molar-refractivity contribution >= 4 is 29.4 Å². The highest BCUT2D eigenvalue weighted by Gasteiger charge is 2.22. The first-order chi connectivity index (χ1) is 7.25. The molecule has 6 nitrogen and oxygen atoms in total. The lowest BCUT2D eigenvalue weighted by molar-refractivity contribution is -0.121. The lowest BCUT2D eigenvalue weighted by Crippen LogP contribution is -2.50. The first-order valence-electron chi connectivity index (χ1n) is 4.79. The number of carbonyl (C=O) groups excluding carboxylic acids is 3. The average molecular weight is 250 g/mol. The maximum atomic E-state index is 11.6. The summed E-state index contributed by atoms with van der Waals surface area (Å²) in [6.45, 7) is 4.61. The fraction of sp³-hybridized carbons (Fsp3) is 0.667. The number of alkyl halides is 1. The summed E-state index contributed by atoms with van der Waals surface area (Å²) in [6.07, 6.45) is 0. The Morgan fingerprint density at radius 3 is 2.12 bits per heavy atom. The predicted molar refractivity (Wildman–Crippen MR) is 59.9 cm³/mol. The number of hydrogen-bond donors (Lipinski definition) is 2. The van der Waals surface area contributed by atoms with Crippen molar-refractivity contribution in [1.82, 2.24) is 10.2 Å². The Morgan fingerprint density at radius 2 is 1.81 bits per heavy atom. The lowest BCUT2D eigenvalue weighted by Gasteiger charge is -2.25. The Balaban J connectivity index is 4.51. The van der Waals surface area contributed by atoms with Crippen molar-refractivity contribution in [3.05, 3.63) is 0 Å². The summed E-state index contributed by atoms with van der Waals surface area (Å²) >= 11 is 5.49. The largest absolute Gasteiger partial charge is 0.368 e. The predicted octanol–water partition coefficient (Wildman–Crippen LogP) is 0.0456. The van der Waals surface area contributed by atoms with E-state index < -0.39 is 23.2 Å². The number of amides is 4. The number of primary amides is 1. The van der Waals surface area contributed by atoms with Gasteiger partial charge in [-0.2, -0.15) is 0 Å². The molecule has 0 saturated carbocycles. The van der Waals surface area contributed by atoms with Gasteiger partial charge in [0.25, 0.3) is 0 Å². The molecule has 0 radical (unpaired) electrons. The Morgan fingerprint density at radius 1 is 1.31 bits per heavy atom. The topological polar surface area (TPSA) is 92.5 Å². The van der Waals surface area contributed by atoms with E-state index in [1.165, 1.54) is 6.92 Å². The minimum Gasteiger partial charge on any atom is -0.368 e. The monoisotopic (exact) mass is 249 g/mol. The van der Waals surface area contributed by atoms with Gasteiger partial charge >= 0.3 is 6.03 Å². The van der Waals surface area contributed by atoms with E-state index in [0.29, 0.717) is 0 Å². The van der Waals surface area contributed by atoms with Crippen LogP contribution in [-0.4, -0.2) is 40.7 Å². The van der Waals surface area contributed by atoms with Crippen LogP contribution >= 0.6 is 11.6 Å². The third-order valence-corrected chi connectivity index (χ3v) is 2.00. The molecule has 0 spiro atoms. The van der Waals surface area contributed by atoms with Crippen LogP contribution in [0.2, 0.25) is 0 Å². The van der Waals surface area contributed by atoms with E-state index in [0.717, 1.165) is 4.90 Å². The quantitative estimate of drug-likeness (QED) is 0.690. The third kappa shape index (κ3) is 4.97. The van der Waals surface area contributed by atoms with Crippen LogP contribution in [0.1, 0.15) is 20.8 Å². The number of carbonyl (C=O) groups is 3. The number of nitrogens with zero attached hydrogens (tertiary/aromatic N) is 1. The molecule has 0 aliphatic carbocycles. The van der Waals surface area contributed by atoms with Crippen molar-refractivity contribution in [1.29, 1.82) is 0 Å². The molecule has 3 N–H and O–H groups in total. The van der Waals surface area contributed by atoms with Crippen LogP contribution in [0, 0.1) is 0 Å². The van der Waals surface area contributed by atoms with Gasteiger partial charge < -0.3 is 10.6 Å². The fourth-order valence-electron chi connectivity index (χ4n) is 0.933. The van der Waals surface area contributed by atoms with E-state index in [9.17, 15) is 14.4 Å². The Hall–Kier alpha value is -1.30. The van der Waals surface area contributed by atoms with Crippen molar-refractivity contribution in [3.8, 4) is 0 Å². The molecular formula is C9H16ClN3O3. The molecule has 1 atom stereocenters. The van der Waals surface area contributed by atoms with Gasteiger partial charge in [0, 0.05) is 6.04 Å². The Kier molecular flexibility index (Phi) is 5.81. The second kappa shape index (κ2) is 6.32. The van der Waals surface area contributed by atoms with Gasteiger partial charge in [-0.05, 0) is 20.8 Å². The minimum atomic E-state index is -0.813. The van der Waals surface area contributed by atoms with Gasteiger partial charge in [0.1, 0.15) is 11.9 Å². The minimum absolute atomic E-state index is 0.243. The third-order valence-electron chi connectivity index (χ3n) is 1.80. The average Bonchev–Trinajstić information content (AvgIpc) is 2.12. The molecule has 92 valence electrons. The number of rotatable bonds is 4. The van der Waals surface area contributed by atoms with Crippen molar-refractivity contribution in [2.75, 3.05) is 6.54 Å². The standard InChI is InChI=1S/C9H16ClN3O3/c1-5(2)13(4-7(11)14)9(16)12-8(15)6(3)10/h5-6H,4H2,1-3H3,(H2,11,14)(H,12,15,16). The van der Waals surface area contributed by atoms with E-state index in [1.807, 2.05) is 0 Å². The van der Waals surface area contributed by atoms with E-state index in [-0.39, 0.29) is 12.6 Å². The Labute approximate surface area is 99.1 Å². The summed E-state index contributed by atoms with van der Waals surface area (Å²) in [5.41, 5.74) is 4.99. The summed E-state index contributed by atoms with van der Waals surface area (Å²) in [4.78, 5) is 34.6. The molecule has 0 heterocycles. The van der Waals surface area contributed by atoms with Crippen molar-refractivity contribution in [2.45, 2.75) is 32.2 Å². The number of halogens is 1. The maximum Gasteiger partial charge on any atom is 0.324 e. The molecule has 7 heteroatoms. The zero-order valence-electron chi connectivity index (χ0n) is 9.49. The highest BCUT2D eigenvalue weighted by molar-refractivity contribution is 6.31. The van der Waals surface area contributed by atoms with E-state index in [1.54, 1.807) is 13.8 Å². The van der Waals surface area contributed by atoms with E-state index >= 15 is 0 Å². The van der Waals surface area contributed by atoms with Gasteiger partial charge in [-0.3, -0.25) is 14.9 Å². The molecule has 16 heavy (non-hydrogen) atoms. The summed E-state index contributed by atoms with van der Waals surface area (Å²) in [7, 11) is 0. The molecule has 0 aliphatic rings. The molecule has 0 aromatic heterocycles. The molecule has 0 bridgehead atoms. The summed E-state index contributed by atoms with van der Waals surface area (Å²) in [6, 6.07) is -0.919.